The lowest BCUT2D eigenvalue weighted by Crippen LogP contribution is -2.61. The number of aliphatic carboxylic acids is 2. The number of aryl methyl sites for hydroxylation is 1. The molecule has 2 aromatic rings. The molecule has 1 aliphatic heterocycles. The van der Waals surface area contributed by atoms with Gasteiger partial charge in [-0.1, -0.05) is 41.5 Å². The number of carboxylic acids is 2. The molecule has 0 bridgehead atoms. The largest absolute Gasteiger partial charge is 0.481 e. The summed E-state index contributed by atoms with van der Waals surface area (Å²) in [5.74, 6) is -5.40. The Morgan fingerprint density at radius 1 is 1.00 bits per heavy atom. The zero-order valence-electron chi connectivity index (χ0n) is 37.0. The smallest absolute Gasteiger partial charge is 0.404 e. The number of nitrogens with one attached hydrogen (secondary N) is 2. The maximum atomic E-state index is 13.8. The van der Waals surface area contributed by atoms with E-state index in [1.54, 1.807) is 13.8 Å². The Morgan fingerprint density at radius 3 is 2.35 bits per heavy atom. The van der Waals surface area contributed by atoms with Gasteiger partial charge in [0.15, 0.2) is 6.10 Å². The topological polar surface area (TPSA) is 304 Å². The first-order chi connectivity index (χ1) is 29.5. The lowest BCUT2D eigenvalue weighted by Gasteiger charge is -2.38. The summed E-state index contributed by atoms with van der Waals surface area (Å²) in [6, 6.07) is 1.98. The van der Waals surface area contributed by atoms with Gasteiger partial charge in [-0.2, -0.15) is 0 Å². The number of carboxylic acid groups (broad SMARTS) is 2. The molecule has 20 nitrogen and oxygen atoms in total. The van der Waals surface area contributed by atoms with Gasteiger partial charge in [0.05, 0.1) is 23.3 Å². The molecule has 3 amide bonds. The molecule has 0 saturated carbocycles. The lowest BCUT2D eigenvalue weighted by molar-refractivity contribution is -0.271. The van der Waals surface area contributed by atoms with Crippen LogP contribution in [0.5, 0.6) is 5.75 Å². The standard InChI is InChI=1S/C43H64N6O14/c1-8-11-25(2)12-9-13-26(3)14-10-18-49-23-28(47-48-49)22-43(6,7)61-19-17-42(4,5)46-38(56)30(21-32(50)51)45-37(55)29-20-27(24-60-41(44)59)15-16-31(29)62-40-35(54)33(52)34(53)36(63-40)39(57)58/h11,13,15-16,20,23,30,33-36,40,52-54H,8-10,12,14,17-19,21-22,24H2,1-7H3,(H2,44,59)(H,45,55)(H,46,56)(H,50,51)(H,57,58)/b25-11+,26-13+/t30-,33-,34-,35+,36-,40+/m0/s1. The van der Waals surface area contributed by atoms with Crippen molar-refractivity contribution < 1.29 is 68.5 Å². The first kappa shape index (κ1) is 51.9. The van der Waals surface area contributed by atoms with Crippen molar-refractivity contribution in [2.45, 2.75) is 161 Å². The highest BCUT2D eigenvalue weighted by atomic mass is 16.7. The van der Waals surface area contributed by atoms with Gasteiger partial charge >= 0.3 is 18.0 Å². The normalized spacial score (nSPS) is 20.1. The van der Waals surface area contributed by atoms with Crippen LogP contribution in [0.15, 0.2) is 47.7 Å². The molecule has 2 heterocycles. The second-order valence-electron chi connectivity index (χ2n) is 16.9. The van der Waals surface area contributed by atoms with Crippen molar-refractivity contribution in [2.24, 2.45) is 5.73 Å². The summed E-state index contributed by atoms with van der Waals surface area (Å²) >= 11 is 0. The van der Waals surface area contributed by atoms with Crippen molar-refractivity contribution in [3.05, 3.63) is 64.5 Å². The molecule has 0 spiro atoms. The van der Waals surface area contributed by atoms with E-state index in [1.807, 2.05) is 24.7 Å². The fraction of sp³-hybridized carbons (Fsp3) is 0.605. The second-order valence-corrected chi connectivity index (χ2v) is 16.9. The summed E-state index contributed by atoms with van der Waals surface area (Å²) in [4.78, 5) is 62.2. The Hall–Kier alpha value is -5.41. The summed E-state index contributed by atoms with van der Waals surface area (Å²) in [5, 5.41) is 63.7. The van der Waals surface area contributed by atoms with Gasteiger partial charge in [-0.25, -0.2) is 9.59 Å². The average Bonchev–Trinajstić information content (AvgIpc) is 3.62. The predicted octanol–water partition coefficient (Wildman–Crippen LogP) is 2.90. The van der Waals surface area contributed by atoms with E-state index < -0.39 is 96.3 Å². The molecule has 3 rings (SSSR count). The van der Waals surface area contributed by atoms with E-state index >= 15 is 0 Å². The van der Waals surface area contributed by atoms with E-state index in [1.165, 1.54) is 17.2 Å². The van der Waals surface area contributed by atoms with Gasteiger partial charge in [-0.05, 0) is 97.8 Å². The van der Waals surface area contributed by atoms with Crippen LogP contribution in [0, 0.1) is 0 Å². The van der Waals surface area contributed by atoms with Crippen molar-refractivity contribution in [3.63, 3.8) is 0 Å². The number of amides is 3. The van der Waals surface area contributed by atoms with E-state index in [9.17, 15) is 49.5 Å². The maximum Gasteiger partial charge on any atom is 0.404 e. The fourth-order valence-electron chi connectivity index (χ4n) is 6.70. The van der Waals surface area contributed by atoms with Crippen LogP contribution in [0.25, 0.3) is 0 Å². The minimum absolute atomic E-state index is 0.179. The summed E-state index contributed by atoms with van der Waals surface area (Å²) in [6.45, 7) is 14.2. The third-order valence-corrected chi connectivity index (χ3v) is 10.1. The van der Waals surface area contributed by atoms with Crippen LogP contribution in [0.4, 0.5) is 4.79 Å². The Bertz CT molecular complexity index is 1950. The highest BCUT2D eigenvalue weighted by molar-refractivity contribution is 6.00. The molecule has 0 unspecified atom stereocenters. The van der Waals surface area contributed by atoms with Crippen molar-refractivity contribution in [3.8, 4) is 5.75 Å². The molecule has 63 heavy (non-hydrogen) atoms. The molecule has 6 atom stereocenters. The molecule has 1 aromatic heterocycles. The van der Waals surface area contributed by atoms with E-state index in [0.717, 1.165) is 56.5 Å². The van der Waals surface area contributed by atoms with Crippen LogP contribution in [0.2, 0.25) is 0 Å². The van der Waals surface area contributed by atoms with E-state index in [0.29, 0.717) is 6.42 Å². The van der Waals surface area contributed by atoms with Gasteiger partial charge in [0.25, 0.3) is 5.91 Å². The molecule has 1 aromatic carbocycles. The first-order valence-corrected chi connectivity index (χ1v) is 20.8. The number of benzene rings is 1. The number of hydrogen-bond donors (Lipinski definition) is 8. The van der Waals surface area contributed by atoms with Crippen molar-refractivity contribution in [2.75, 3.05) is 6.61 Å². The number of aromatic nitrogens is 3. The predicted molar refractivity (Wildman–Crippen MR) is 226 cm³/mol. The number of rotatable bonds is 25. The number of nitrogens with two attached hydrogens (primary N) is 1. The zero-order chi connectivity index (χ0) is 47.1. The van der Waals surface area contributed by atoms with Crippen LogP contribution >= 0.6 is 0 Å². The Morgan fingerprint density at radius 2 is 1.70 bits per heavy atom. The van der Waals surface area contributed by atoms with Gasteiger partial charge in [-0.3, -0.25) is 19.1 Å². The van der Waals surface area contributed by atoms with Crippen LogP contribution < -0.4 is 21.1 Å². The molecule has 20 heteroatoms. The van der Waals surface area contributed by atoms with Gasteiger partial charge < -0.3 is 60.8 Å². The molecule has 0 radical (unpaired) electrons. The third kappa shape index (κ3) is 17.4. The van der Waals surface area contributed by atoms with Gasteiger partial charge in [-0.15, -0.1) is 5.10 Å². The molecular formula is C43H64N6O14. The number of hydrogen-bond acceptors (Lipinski definition) is 14. The Balaban J connectivity index is 1.63. The van der Waals surface area contributed by atoms with Crippen LogP contribution in [-0.4, -0.2) is 125 Å². The number of nitrogens with zero attached hydrogens (tertiary/aromatic N) is 3. The number of carbonyl (C=O) groups excluding carboxylic acids is 3. The van der Waals surface area contributed by atoms with Gasteiger partial charge in [0.2, 0.25) is 12.2 Å². The zero-order valence-corrected chi connectivity index (χ0v) is 37.0. The molecular weight excluding hydrogens is 825 g/mol. The van der Waals surface area contributed by atoms with Crippen molar-refractivity contribution in [1.82, 2.24) is 25.6 Å². The molecule has 0 aliphatic carbocycles. The average molecular weight is 889 g/mol. The van der Waals surface area contributed by atoms with E-state index in [4.69, 9.17) is 24.7 Å². The number of ether oxygens (including phenoxy) is 4. The van der Waals surface area contributed by atoms with E-state index in [-0.39, 0.29) is 24.3 Å². The second kappa shape index (κ2) is 23.9. The van der Waals surface area contributed by atoms with Crippen molar-refractivity contribution in [1.29, 1.82) is 0 Å². The summed E-state index contributed by atoms with van der Waals surface area (Å²) in [5.41, 5.74) is 6.75. The number of carbonyl (C=O) groups is 5. The highest BCUT2D eigenvalue weighted by Gasteiger charge is 2.48. The molecule has 9 N–H and O–H groups in total. The molecule has 1 saturated heterocycles. The summed E-state index contributed by atoms with van der Waals surface area (Å²) < 4.78 is 23.6. The lowest BCUT2D eigenvalue weighted by atomic mass is 9.98. The van der Waals surface area contributed by atoms with Crippen LogP contribution in [0.3, 0.4) is 0 Å². The Kier molecular flexibility index (Phi) is 19.7. The Labute approximate surface area is 366 Å². The number of allylic oxidation sites excluding steroid dienone is 4. The third-order valence-electron chi connectivity index (χ3n) is 10.1. The van der Waals surface area contributed by atoms with Crippen LogP contribution in [0.1, 0.15) is 115 Å². The van der Waals surface area contributed by atoms with Gasteiger partial charge in [0, 0.05) is 31.3 Å². The fourth-order valence-corrected chi connectivity index (χ4v) is 6.70. The minimum atomic E-state index is -2.03. The van der Waals surface area contributed by atoms with E-state index in [2.05, 4.69) is 53.9 Å². The number of aliphatic hydroxyl groups is 3. The SMILES string of the molecule is CC/C=C(\C)CC/C=C(\C)CCCn1cc(CC(C)(C)OCCC(C)(C)NC(=O)[C@H](CC(=O)O)NC(=O)c2cc(COC(N)=O)ccc2O[C@@H]2O[C@H](C(=O)O)[C@@H](O)[C@H](O)[C@H]2O)nn1. The molecule has 350 valence electrons. The number of aliphatic hydroxyl groups excluding tert-OH is 3. The first-order valence-electron chi connectivity index (χ1n) is 20.8. The maximum absolute atomic E-state index is 13.8. The monoisotopic (exact) mass is 888 g/mol. The van der Waals surface area contributed by atoms with Crippen LogP contribution in [-0.2, 0) is 48.2 Å². The number of primary amides is 1. The molecule has 1 aliphatic rings. The quantitative estimate of drug-likeness (QED) is 0.0665. The molecule has 1 fully saturated rings. The summed E-state index contributed by atoms with van der Waals surface area (Å²) in [6.07, 6.45) is 0.283. The highest BCUT2D eigenvalue weighted by Crippen LogP contribution is 2.28. The van der Waals surface area contributed by atoms with Gasteiger partial charge in [0.1, 0.15) is 36.7 Å². The minimum Gasteiger partial charge on any atom is -0.481 e. The summed E-state index contributed by atoms with van der Waals surface area (Å²) in [7, 11) is 0. The van der Waals surface area contributed by atoms with Crippen molar-refractivity contribution >= 4 is 29.8 Å².